The van der Waals surface area contributed by atoms with Crippen LogP contribution in [0.5, 0.6) is 0 Å². The molecule has 0 aliphatic carbocycles. The molecule has 1 heterocycles. The summed E-state index contributed by atoms with van der Waals surface area (Å²) in [5.74, 6) is -0.262. The van der Waals surface area contributed by atoms with Gasteiger partial charge in [0.2, 0.25) is 0 Å². The third-order valence-corrected chi connectivity index (χ3v) is 3.19. The fraction of sp³-hybridized carbons (Fsp3) is 0.357. The Balaban J connectivity index is 2.75. The van der Waals surface area contributed by atoms with Gasteiger partial charge in [0.05, 0.1) is 5.69 Å². The largest absolute Gasteiger partial charge is 0.337 e. The van der Waals surface area contributed by atoms with Crippen molar-refractivity contribution in [2.75, 3.05) is 0 Å². The highest BCUT2D eigenvalue weighted by atomic mass is 32.1. The van der Waals surface area contributed by atoms with Gasteiger partial charge in [0.1, 0.15) is 5.82 Å². The number of H-pyrrole nitrogens is 1. The van der Waals surface area contributed by atoms with E-state index in [1.807, 2.05) is 19.2 Å². The monoisotopic (exact) mass is 264 g/mol. The molecule has 0 saturated heterocycles. The molecule has 0 saturated carbocycles. The number of imidazole rings is 1. The van der Waals surface area contributed by atoms with Crippen LogP contribution in [0, 0.1) is 17.5 Å². The lowest BCUT2D eigenvalue weighted by atomic mass is 9.92. The standard InChI is InChI=1S/C14H17FN2S/c1-9-5-6-10(15)11(7-9)17-12(14(2,3)4)8-16-13(17)18/h5-8H,1-4H3,(H,16,18). The molecule has 0 amide bonds. The van der Waals surface area contributed by atoms with Crippen molar-refractivity contribution in [3.05, 3.63) is 46.2 Å². The Hall–Kier alpha value is -1.42. The summed E-state index contributed by atoms with van der Waals surface area (Å²) in [4.78, 5) is 3.00. The maximum Gasteiger partial charge on any atom is 0.182 e. The van der Waals surface area contributed by atoms with Crippen LogP contribution in [0.25, 0.3) is 5.69 Å². The molecule has 0 bridgehead atoms. The lowest BCUT2D eigenvalue weighted by molar-refractivity contribution is 0.546. The molecule has 0 aliphatic heterocycles. The zero-order valence-corrected chi connectivity index (χ0v) is 11.9. The molecule has 1 N–H and O–H groups in total. The molecule has 0 spiro atoms. The first-order valence-electron chi connectivity index (χ1n) is 5.88. The summed E-state index contributed by atoms with van der Waals surface area (Å²) in [7, 11) is 0. The number of aromatic amines is 1. The number of nitrogens with zero attached hydrogens (tertiary/aromatic N) is 1. The van der Waals surface area contributed by atoms with E-state index in [-0.39, 0.29) is 11.2 Å². The van der Waals surface area contributed by atoms with E-state index in [1.165, 1.54) is 6.07 Å². The molecule has 4 heteroatoms. The normalized spacial score (nSPS) is 11.8. The summed E-state index contributed by atoms with van der Waals surface area (Å²) >= 11 is 5.27. The van der Waals surface area contributed by atoms with Gasteiger partial charge in [-0.3, -0.25) is 4.57 Å². The third kappa shape index (κ3) is 2.25. The van der Waals surface area contributed by atoms with E-state index in [0.29, 0.717) is 10.5 Å². The fourth-order valence-corrected chi connectivity index (χ4v) is 2.21. The van der Waals surface area contributed by atoms with Gasteiger partial charge in [-0.15, -0.1) is 0 Å². The molecule has 2 rings (SSSR count). The van der Waals surface area contributed by atoms with Gasteiger partial charge >= 0.3 is 0 Å². The molecule has 2 nitrogen and oxygen atoms in total. The first-order chi connectivity index (χ1) is 8.30. The van der Waals surface area contributed by atoms with Gasteiger partial charge in [0, 0.05) is 17.3 Å². The van der Waals surface area contributed by atoms with Crippen LogP contribution in [0.15, 0.2) is 24.4 Å². The van der Waals surface area contributed by atoms with Crippen molar-refractivity contribution in [2.45, 2.75) is 33.1 Å². The Labute approximate surface area is 111 Å². The van der Waals surface area contributed by atoms with Gasteiger partial charge in [-0.05, 0) is 36.8 Å². The van der Waals surface area contributed by atoms with Crippen LogP contribution < -0.4 is 0 Å². The quantitative estimate of drug-likeness (QED) is 0.762. The number of hydrogen-bond acceptors (Lipinski definition) is 1. The molecular formula is C14H17FN2S. The minimum Gasteiger partial charge on any atom is -0.337 e. The molecule has 96 valence electrons. The second-order valence-electron chi connectivity index (χ2n) is 5.52. The summed E-state index contributed by atoms with van der Waals surface area (Å²) < 4.78 is 16.3. The number of benzene rings is 1. The first-order valence-corrected chi connectivity index (χ1v) is 6.29. The molecule has 0 unspecified atom stereocenters. The highest BCUT2D eigenvalue weighted by Gasteiger charge is 2.21. The number of hydrogen-bond donors (Lipinski definition) is 1. The highest BCUT2D eigenvalue weighted by Crippen LogP contribution is 2.27. The zero-order valence-electron chi connectivity index (χ0n) is 11.0. The van der Waals surface area contributed by atoms with Crippen LogP contribution in [0.2, 0.25) is 0 Å². The summed E-state index contributed by atoms with van der Waals surface area (Å²) in [5, 5.41) is 0. The van der Waals surface area contributed by atoms with E-state index in [1.54, 1.807) is 10.6 Å². The predicted octanol–water partition coefficient (Wildman–Crippen LogP) is 4.28. The maximum absolute atomic E-state index is 14.0. The Morgan fingerprint density at radius 1 is 1.28 bits per heavy atom. The van der Waals surface area contributed by atoms with Crippen LogP contribution >= 0.6 is 12.2 Å². The van der Waals surface area contributed by atoms with Crippen LogP contribution in [0.1, 0.15) is 32.0 Å². The Morgan fingerprint density at radius 3 is 2.56 bits per heavy atom. The van der Waals surface area contributed by atoms with Crippen LogP contribution in [0.3, 0.4) is 0 Å². The zero-order chi connectivity index (χ0) is 13.5. The average molecular weight is 264 g/mol. The average Bonchev–Trinajstić information content (AvgIpc) is 2.63. The van der Waals surface area contributed by atoms with Crippen LogP contribution in [-0.4, -0.2) is 9.55 Å². The third-order valence-electron chi connectivity index (χ3n) is 2.89. The molecule has 0 radical (unpaired) electrons. The van der Waals surface area contributed by atoms with Crippen molar-refractivity contribution in [3.63, 3.8) is 0 Å². The van der Waals surface area contributed by atoms with Crippen LogP contribution in [-0.2, 0) is 5.41 Å². The number of nitrogens with one attached hydrogen (secondary N) is 1. The predicted molar refractivity (Wildman–Crippen MR) is 74.3 cm³/mol. The second kappa shape index (κ2) is 4.35. The summed E-state index contributed by atoms with van der Waals surface area (Å²) in [5.41, 5.74) is 2.38. The van der Waals surface area contributed by atoms with Crippen molar-refractivity contribution in [1.29, 1.82) is 0 Å². The molecule has 0 aliphatic rings. The van der Waals surface area contributed by atoms with Gasteiger partial charge in [-0.2, -0.15) is 0 Å². The van der Waals surface area contributed by atoms with Crippen molar-refractivity contribution < 1.29 is 4.39 Å². The minimum absolute atomic E-state index is 0.107. The van der Waals surface area contributed by atoms with E-state index in [0.717, 1.165) is 11.3 Å². The van der Waals surface area contributed by atoms with Gasteiger partial charge in [0.15, 0.2) is 4.77 Å². The molecule has 0 fully saturated rings. The summed E-state index contributed by atoms with van der Waals surface area (Å²) in [6.07, 6.45) is 1.85. The first kappa shape index (κ1) is 13.0. The molecule has 0 atom stereocenters. The number of rotatable bonds is 1. The summed E-state index contributed by atoms with van der Waals surface area (Å²) in [6.45, 7) is 8.18. The SMILES string of the molecule is Cc1ccc(F)c(-n2c(C(C)(C)C)c[nH]c2=S)c1. The molecule has 18 heavy (non-hydrogen) atoms. The van der Waals surface area contributed by atoms with Crippen molar-refractivity contribution >= 4 is 12.2 Å². The number of aryl methyl sites for hydroxylation is 1. The van der Waals surface area contributed by atoms with E-state index < -0.39 is 0 Å². The van der Waals surface area contributed by atoms with Gasteiger partial charge in [0.25, 0.3) is 0 Å². The van der Waals surface area contributed by atoms with Crippen molar-refractivity contribution in [3.8, 4) is 5.69 Å². The van der Waals surface area contributed by atoms with Crippen molar-refractivity contribution in [2.24, 2.45) is 0 Å². The molecule has 2 aromatic rings. The molecule has 1 aromatic carbocycles. The molecule has 1 aromatic heterocycles. The Kier molecular flexibility index (Phi) is 3.15. The van der Waals surface area contributed by atoms with Crippen LogP contribution in [0.4, 0.5) is 4.39 Å². The van der Waals surface area contributed by atoms with E-state index in [2.05, 4.69) is 25.8 Å². The summed E-state index contributed by atoms with van der Waals surface area (Å²) in [6, 6.07) is 5.05. The van der Waals surface area contributed by atoms with E-state index in [4.69, 9.17) is 12.2 Å². The lowest BCUT2D eigenvalue weighted by Gasteiger charge is -2.21. The topological polar surface area (TPSA) is 20.7 Å². The van der Waals surface area contributed by atoms with Gasteiger partial charge < -0.3 is 4.98 Å². The molecular weight excluding hydrogens is 247 g/mol. The number of aromatic nitrogens is 2. The van der Waals surface area contributed by atoms with Crippen molar-refractivity contribution in [1.82, 2.24) is 9.55 Å². The smallest absolute Gasteiger partial charge is 0.182 e. The van der Waals surface area contributed by atoms with E-state index >= 15 is 0 Å². The fourth-order valence-electron chi connectivity index (χ4n) is 1.95. The maximum atomic E-state index is 14.0. The number of halogens is 1. The van der Waals surface area contributed by atoms with E-state index in [9.17, 15) is 4.39 Å². The lowest BCUT2D eigenvalue weighted by Crippen LogP contribution is -2.17. The highest BCUT2D eigenvalue weighted by molar-refractivity contribution is 7.71. The Morgan fingerprint density at radius 2 is 1.94 bits per heavy atom. The second-order valence-corrected chi connectivity index (χ2v) is 5.91. The van der Waals surface area contributed by atoms with Gasteiger partial charge in [-0.25, -0.2) is 4.39 Å². The van der Waals surface area contributed by atoms with Gasteiger partial charge in [-0.1, -0.05) is 26.8 Å². The minimum atomic E-state index is -0.262. The Bertz CT molecular complexity index is 632.